The number of ether oxygens (including phenoxy) is 1. The van der Waals surface area contributed by atoms with E-state index >= 15 is 0 Å². The molecule has 0 amide bonds. The Bertz CT molecular complexity index is 590. The Morgan fingerprint density at radius 1 is 1.32 bits per heavy atom. The standard InChI is InChI=1S/C14H14ClFN2O/c1-3-4-11-13(15)17-8-18-14(11)19-12-6-5-10(16)7-9(12)2/h5-8H,3-4H2,1-2H3. The highest BCUT2D eigenvalue weighted by atomic mass is 35.5. The highest BCUT2D eigenvalue weighted by Crippen LogP contribution is 2.29. The van der Waals surface area contributed by atoms with Crippen LogP contribution in [0.4, 0.5) is 4.39 Å². The lowest BCUT2D eigenvalue weighted by molar-refractivity contribution is 0.449. The van der Waals surface area contributed by atoms with Crippen molar-refractivity contribution in [3.63, 3.8) is 0 Å². The van der Waals surface area contributed by atoms with Gasteiger partial charge in [-0.05, 0) is 37.1 Å². The number of halogens is 2. The van der Waals surface area contributed by atoms with Crippen LogP contribution >= 0.6 is 11.6 Å². The molecule has 100 valence electrons. The first-order chi connectivity index (χ1) is 9.11. The minimum Gasteiger partial charge on any atom is -0.438 e. The van der Waals surface area contributed by atoms with Crippen molar-refractivity contribution in [2.24, 2.45) is 0 Å². The molecule has 0 atom stereocenters. The van der Waals surface area contributed by atoms with Gasteiger partial charge in [0.25, 0.3) is 0 Å². The Labute approximate surface area is 116 Å². The van der Waals surface area contributed by atoms with Crippen molar-refractivity contribution < 1.29 is 9.13 Å². The van der Waals surface area contributed by atoms with Crippen LogP contribution in [-0.2, 0) is 6.42 Å². The highest BCUT2D eigenvalue weighted by Gasteiger charge is 2.12. The zero-order valence-corrected chi connectivity index (χ0v) is 11.5. The van der Waals surface area contributed by atoms with Crippen LogP contribution in [0.15, 0.2) is 24.5 Å². The number of hydrogen-bond acceptors (Lipinski definition) is 3. The Morgan fingerprint density at radius 2 is 2.11 bits per heavy atom. The van der Waals surface area contributed by atoms with E-state index in [1.165, 1.54) is 18.5 Å². The van der Waals surface area contributed by atoms with Gasteiger partial charge in [0.15, 0.2) is 0 Å². The molecule has 19 heavy (non-hydrogen) atoms. The summed E-state index contributed by atoms with van der Waals surface area (Å²) >= 11 is 6.05. The minimum atomic E-state index is -0.292. The van der Waals surface area contributed by atoms with Gasteiger partial charge >= 0.3 is 0 Å². The summed E-state index contributed by atoms with van der Waals surface area (Å²) in [4.78, 5) is 8.06. The van der Waals surface area contributed by atoms with Crippen molar-refractivity contribution >= 4 is 11.6 Å². The van der Waals surface area contributed by atoms with Crippen molar-refractivity contribution in [2.75, 3.05) is 0 Å². The van der Waals surface area contributed by atoms with Gasteiger partial charge in [0, 0.05) is 0 Å². The SMILES string of the molecule is CCCc1c(Cl)ncnc1Oc1ccc(F)cc1C. The van der Waals surface area contributed by atoms with Crippen molar-refractivity contribution in [3.8, 4) is 11.6 Å². The molecular formula is C14H14ClFN2O. The summed E-state index contributed by atoms with van der Waals surface area (Å²) in [6, 6.07) is 4.35. The number of nitrogens with zero attached hydrogens (tertiary/aromatic N) is 2. The normalized spacial score (nSPS) is 10.5. The molecule has 0 saturated heterocycles. The molecule has 0 saturated carbocycles. The Kier molecular flexibility index (Phi) is 4.32. The van der Waals surface area contributed by atoms with E-state index in [1.54, 1.807) is 13.0 Å². The Hall–Kier alpha value is -1.68. The van der Waals surface area contributed by atoms with E-state index in [0.717, 1.165) is 18.4 Å². The summed E-state index contributed by atoms with van der Waals surface area (Å²) < 4.78 is 18.8. The second-order valence-electron chi connectivity index (χ2n) is 4.21. The monoisotopic (exact) mass is 280 g/mol. The van der Waals surface area contributed by atoms with Crippen LogP contribution in [0.2, 0.25) is 5.15 Å². The second kappa shape index (κ2) is 5.97. The molecular weight excluding hydrogens is 267 g/mol. The third-order valence-corrected chi connectivity index (χ3v) is 3.02. The summed E-state index contributed by atoms with van der Waals surface area (Å²) in [5.41, 5.74) is 1.48. The molecule has 1 aromatic heterocycles. The van der Waals surface area contributed by atoms with Gasteiger partial charge in [-0.15, -0.1) is 0 Å². The van der Waals surface area contributed by atoms with E-state index in [9.17, 15) is 4.39 Å². The fourth-order valence-electron chi connectivity index (χ4n) is 1.76. The van der Waals surface area contributed by atoms with Crippen molar-refractivity contribution in [1.29, 1.82) is 0 Å². The van der Waals surface area contributed by atoms with Crippen LogP contribution in [0, 0.1) is 12.7 Å². The number of rotatable bonds is 4. The van der Waals surface area contributed by atoms with Gasteiger partial charge in [-0.3, -0.25) is 0 Å². The summed E-state index contributed by atoms with van der Waals surface area (Å²) in [5, 5.41) is 0.395. The lowest BCUT2D eigenvalue weighted by atomic mass is 10.2. The maximum absolute atomic E-state index is 13.0. The third-order valence-electron chi connectivity index (χ3n) is 2.70. The number of aryl methyl sites for hydroxylation is 1. The fraction of sp³-hybridized carbons (Fsp3) is 0.286. The minimum absolute atomic E-state index is 0.292. The van der Waals surface area contributed by atoms with Crippen LogP contribution in [0.5, 0.6) is 11.6 Å². The van der Waals surface area contributed by atoms with Gasteiger partial charge < -0.3 is 4.74 Å². The molecule has 0 radical (unpaired) electrons. The zero-order valence-electron chi connectivity index (χ0n) is 10.8. The maximum atomic E-state index is 13.0. The van der Waals surface area contributed by atoms with Gasteiger partial charge in [-0.1, -0.05) is 24.9 Å². The molecule has 0 aliphatic carbocycles. The third kappa shape index (κ3) is 3.20. The molecule has 2 rings (SSSR count). The number of aromatic nitrogens is 2. The van der Waals surface area contributed by atoms with Gasteiger partial charge in [0.2, 0.25) is 5.88 Å². The van der Waals surface area contributed by atoms with Crippen LogP contribution in [0.3, 0.4) is 0 Å². The zero-order chi connectivity index (χ0) is 13.8. The molecule has 0 bridgehead atoms. The molecule has 2 aromatic rings. The first kappa shape index (κ1) is 13.7. The summed E-state index contributed by atoms with van der Waals surface area (Å²) in [5.74, 6) is 0.699. The Balaban J connectivity index is 2.35. The largest absolute Gasteiger partial charge is 0.438 e. The van der Waals surface area contributed by atoms with E-state index < -0.39 is 0 Å². The predicted molar refractivity (Wildman–Crippen MR) is 72.2 cm³/mol. The molecule has 1 heterocycles. The Morgan fingerprint density at radius 3 is 2.79 bits per heavy atom. The first-order valence-corrected chi connectivity index (χ1v) is 6.43. The van der Waals surface area contributed by atoms with Gasteiger partial charge in [0.05, 0.1) is 5.56 Å². The summed E-state index contributed by atoms with van der Waals surface area (Å²) in [6.45, 7) is 3.82. The molecule has 0 spiro atoms. The van der Waals surface area contributed by atoms with Gasteiger partial charge in [0.1, 0.15) is 23.0 Å². The average Bonchev–Trinajstić information content (AvgIpc) is 2.37. The topological polar surface area (TPSA) is 35.0 Å². The maximum Gasteiger partial charge on any atom is 0.227 e. The van der Waals surface area contributed by atoms with E-state index in [2.05, 4.69) is 9.97 Å². The van der Waals surface area contributed by atoms with Crippen molar-refractivity contribution in [3.05, 3.63) is 46.6 Å². The molecule has 1 aromatic carbocycles. The van der Waals surface area contributed by atoms with Crippen LogP contribution in [-0.4, -0.2) is 9.97 Å². The van der Waals surface area contributed by atoms with E-state index in [0.29, 0.717) is 22.3 Å². The molecule has 0 aliphatic rings. The van der Waals surface area contributed by atoms with Crippen molar-refractivity contribution in [2.45, 2.75) is 26.7 Å². The highest BCUT2D eigenvalue weighted by molar-refractivity contribution is 6.30. The van der Waals surface area contributed by atoms with E-state index in [4.69, 9.17) is 16.3 Å². The molecule has 0 N–H and O–H groups in total. The van der Waals surface area contributed by atoms with Crippen molar-refractivity contribution in [1.82, 2.24) is 9.97 Å². The smallest absolute Gasteiger partial charge is 0.227 e. The second-order valence-corrected chi connectivity index (χ2v) is 4.57. The first-order valence-electron chi connectivity index (χ1n) is 6.05. The van der Waals surface area contributed by atoms with Crippen LogP contribution < -0.4 is 4.74 Å². The van der Waals surface area contributed by atoms with E-state index in [1.807, 2.05) is 6.92 Å². The lowest BCUT2D eigenvalue weighted by Crippen LogP contribution is -1.99. The quantitative estimate of drug-likeness (QED) is 0.782. The lowest BCUT2D eigenvalue weighted by Gasteiger charge is -2.11. The van der Waals surface area contributed by atoms with Crippen LogP contribution in [0.1, 0.15) is 24.5 Å². The molecule has 0 fully saturated rings. The molecule has 0 aliphatic heterocycles. The molecule has 5 heteroatoms. The predicted octanol–water partition coefficient (Wildman–Crippen LogP) is 4.32. The van der Waals surface area contributed by atoms with E-state index in [-0.39, 0.29) is 5.82 Å². The van der Waals surface area contributed by atoms with Gasteiger partial charge in [-0.2, -0.15) is 0 Å². The number of benzene rings is 1. The van der Waals surface area contributed by atoms with Gasteiger partial charge in [-0.25, -0.2) is 14.4 Å². The number of hydrogen-bond donors (Lipinski definition) is 0. The average molecular weight is 281 g/mol. The van der Waals surface area contributed by atoms with Crippen LogP contribution in [0.25, 0.3) is 0 Å². The molecule has 3 nitrogen and oxygen atoms in total. The molecule has 0 unspecified atom stereocenters. The summed E-state index contributed by atoms with van der Waals surface area (Å²) in [6.07, 6.45) is 3.00. The summed E-state index contributed by atoms with van der Waals surface area (Å²) in [7, 11) is 0. The fourth-order valence-corrected chi connectivity index (χ4v) is 1.97.